The van der Waals surface area contributed by atoms with E-state index in [1.165, 1.54) is 4.90 Å². The maximum Gasteiger partial charge on any atom is 0.325 e. The van der Waals surface area contributed by atoms with E-state index in [4.69, 9.17) is 4.42 Å². The zero-order chi connectivity index (χ0) is 15.2. The molecule has 2 aliphatic heterocycles. The Hall–Kier alpha value is -2.34. The highest BCUT2D eigenvalue weighted by Gasteiger charge is 2.51. The van der Waals surface area contributed by atoms with Crippen molar-refractivity contribution in [3.63, 3.8) is 0 Å². The number of fused-ring (bicyclic) bond motifs is 1. The quantitative estimate of drug-likeness (QED) is 0.826. The van der Waals surface area contributed by atoms with Crippen LogP contribution in [0.15, 0.2) is 34.7 Å². The number of carbonyl (C=O) groups is 2. The van der Waals surface area contributed by atoms with Crippen molar-refractivity contribution in [1.29, 1.82) is 0 Å². The van der Waals surface area contributed by atoms with Gasteiger partial charge in [0, 0.05) is 5.39 Å². The first kappa shape index (κ1) is 13.3. The van der Waals surface area contributed by atoms with E-state index in [0.717, 1.165) is 24.1 Å². The lowest BCUT2D eigenvalue weighted by Gasteiger charge is -2.30. The van der Waals surface area contributed by atoms with E-state index in [0.29, 0.717) is 18.6 Å². The van der Waals surface area contributed by atoms with Gasteiger partial charge in [-0.2, -0.15) is 0 Å². The molecule has 0 unspecified atom stereocenters. The van der Waals surface area contributed by atoms with Crippen LogP contribution in [0.3, 0.4) is 0 Å². The van der Waals surface area contributed by atoms with Crippen LogP contribution in [0.2, 0.25) is 0 Å². The Morgan fingerprint density at radius 2 is 1.95 bits per heavy atom. The molecule has 0 aliphatic carbocycles. The van der Waals surface area contributed by atoms with Crippen LogP contribution >= 0.6 is 0 Å². The monoisotopic (exact) mass is 299 g/mol. The molecule has 4 rings (SSSR count). The van der Waals surface area contributed by atoms with E-state index >= 15 is 0 Å². The minimum Gasteiger partial charge on any atom is -0.459 e. The second kappa shape index (κ2) is 4.84. The van der Waals surface area contributed by atoms with Gasteiger partial charge < -0.3 is 15.1 Å². The van der Waals surface area contributed by atoms with Gasteiger partial charge in [-0.25, -0.2) is 4.79 Å². The van der Waals surface area contributed by atoms with Crippen LogP contribution in [0.25, 0.3) is 11.0 Å². The number of benzene rings is 1. The van der Waals surface area contributed by atoms with Gasteiger partial charge in [0.1, 0.15) is 16.9 Å². The first-order valence-corrected chi connectivity index (χ1v) is 7.50. The zero-order valence-electron chi connectivity index (χ0n) is 12.1. The fourth-order valence-electron chi connectivity index (χ4n) is 3.28. The third-order valence-electron chi connectivity index (χ3n) is 4.49. The lowest BCUT2D eigenvalue weighted by Crippen LogP contribution is -2.53. The number of piperidine rings is 1. The molecule has 2 N–H and O–H groups in total. The van der Waals surface area contributed by atoms with Crippen molar-refractivity contribution in [2.75, 3.05) is 13.1 Å². The second-order valence-corrected chi connectivity index (χ2v) is 5.90. The minimum absolute atomic E-state index is 0.139. The molecule has 0 radical (unpaired) electrons. The fourth-order valence-corrected chi connectivity index (χ4v) is 3.28. The van der Waals surface area contributed by atoms with Crippen molar-refractivity contribution < 1.29 is 14.0 Å². The Balaban J connectivity index is 1.59. The van der Waals surface area contributed by atoms with Gasteiger partial charge in [0.25, 0.3) is 5.91 Å². The number of urea groups is 1. The normalized spacial score (nSPS) is 20.8. The molecule has 22 heavy (non-hydrogen) atoms. The molecule has 2 aromatic rings. The number of hydrogen-bond acceptors (Lipinski definition) is 4. The Morgan fingerprint density at radius 3 is 2.73 bits per heavy atom. The van der Waals surface area contributed by atoms with Gasteiger partial charge in [0.15, 0.2) is 0 Å². The fraction of sp³-hybridized carbons (Fsp3) is 0.375. The number of imide groups is 1. The second-order valence-electron chi connectivity index (χ2n) is 5.90. The van der Waals surface area contributed by atoms with Crippen LogP contribution in [0.1, 0.15) is 18.6 Å². The van der Waals surface area contributed by atoms with Gasteiger partial charge >= 0.3 is 6.03 Å². The van der Waals surface area contributed by atoms with Crippen molar-refractivity contribution in [3.8, 4) is 0 Å². The largest absolute Gasteiger partial charge is 0.459 e. The first-order valence-electron chi connectivity index (χ1n) is 7.50. The van der Waals surface area contributed by atoms with Crippen molar-refractivity contribution in [1.82, 2.24) is 15.5 Å². The van der Waals surface area contributed by atoms with Gasteiger partial charge in [-0.3, -0.25) is 9.69 Å². The summed E-state index contributed by atoms with van der Waals surface area (Å²) >= 11 is 0. The average molecular weight is 299 g/mol. The lowest BCUT2D eigenvalue weighted by atomic mass is 9.88. The molecular weight excluding hydrogens is 282 g/mol. The number of para-hydroxylation sites is 1. The van der Waals surface area contributed by atoms with Crippen molar-refractivity contribution in [2.45, 2.75) is 24.9 Å². The number of nitrogens with zero attached hydrogens (tertiary/aromatic N) is 1. The van der Waals surface area contributed by atoms with Crippen molar-refractivity contribution in [3.05, 3.63) is 36.1 Å². The molecular formula is C16H17N3O3. The average Bonchev–Trinajstić information content (AvgIpc) is 3.03. The van der Waals surface area contributed by atoms with Crippen molar-refractivity contribution >= 4 is 22.9 Å². The summed E-state index contributed by atoms with van der Waals surface area (Å²) < 4.78 is 5.72. The molecule has 0 bridgehead atoms. The van der Waals surface area contributed by atoms with E-state index in [1.54, 1.807) is 0 Å². The van der Waals surface area contributed by atoms with Gasteiger partial charge in [0.2, 0.25) is 0 Å². The molecule has 114 valence electrons. The van der Waals surface area contributed by atoms with Gasteiger partial charge in [-0.15, -0.1) is 0 Å². The van der Waals surface area contributed by atoms with E-state index in [9.17, 15) is 9.59 Å². The number of amides is 3. The molecule has 0 saturated carbocycles. The maximum atomic E-state index is 12.7. The van der Waals surface area contributed by atoms with Gasteiger partial charge in [0.05, 0.1) is 6.54 Å². The summed E-state index contributed by atoms with van der Waals surface area (Å²) in [7, 11) is 0. The maximum absolute atomic E-state index is 12.7. The van der Waals surface area contributed by atoms with Crippen molar-refractivity contribution in [2.24, 2.45) is 0 Å². The highest BCUT2D eigenvalue weighted by Crippen LogP contribution is 2.29. The minimum atomic E-state index is -0.728. The predicted molar refractivity (Wildman–Crippen MR) is 80.1 cm³/mol. The van der Waals surface area contributed by atoms with Crippen LogP contribution in [0.4, 0.5) is 4.79 Å². The van der Waals surface area contributed by atoms with E-state index in [-0.39, 0.29) is 18.5 Å². The molecule has 3 amide bonds. The number of furan rings is 1. The number of nitrogens with one attached hydrogen (secondary N) is 2. The zero-order valence-corrected chi connectivity index (χ0v) is 12.1. The molecule has 1 aromatic carbocycles. The van der Waals surface area contributed by atoms with Crippen LogP contribution in [-0.2, 0) is 11.3 Å². The summed E-state index contributed by atoms with van der Waals surface area (Å²) in [4.78, 5) is 26.2. The SMILES string of the molecule is O=C1NC2(CCNCC2)C(=O)N1Cc1cc2ccccc2o1. The third kappa shape index (κ3) is 1.99. The lowest BCUT2D eigenvalue weighted by molar-refractivity contribution is -0.132. The Labute approximate surface area is 127 Å². The molecule has 6 heteroatoms. The molecule has 2 aliphatic rings. The summed E-state index contributed by atoms with van der Waals surface area (Å²) in [5, 5.41) is 7.07. The third-order valence-corrected chi connectivity index (χ3v) is 4.49. The molecule has 6 nitrogen and oxygen atoms in total. The summed E-state index contributed by atoms with van der Waals surface area (Å²) in [5.41, 5.74) is 0.0371. The summed E-state index contributed by atoms with van der Waals surface area (Å²) in [6.45, 7) is 1.66. The highest BCUT2D eigenvalue weighted by molar-refractivity contribution is 6.07. The number of carbonyl (C=O) groups excluding carboxylic acids is 2. The van der Waals surface area contributed by atoms with Gasteiger partial charge in [-0.05, 0) is 38.1 Å². The smallest absolute Gasteiger partial charge is 0.325 e. The standard InChI is InChI=1S/C16H17N3O3/c20-14-16(5-7-17-8-6-16)18-15(21)19(14)10-12-9-11-3-1-2-4-13(11)22-12/h1-4,9,17H,5-8,10H2,(H,18,21). The highest BCUT2D eigenvalue weighted by atomic mass is 16.3. The molecule has 1 aromatic heterocycles. The number of rotatable bonds is 2. The summed E-state index contributed by atoms with van der Waals surface area (Å²) in [6.07, 6.45) is 1.27. The predicted octanol–water partition coefficient (Wildman–Crippen LogP) is 1.61. The molecule has 3 heterocycles. The molecule has 2 fully saturated rings. The van der Waals surface area contributed by atoms with E-state index < -0.39 is 5.54 Å². The topological polar surface area (TPSA) is 74.6 Å². The Bertz CT molecular complexity index is 713. The summed E-state index contributed by atoms with van der Waals surface area (Å²) in [6, 6.07) is 9.20. The number of hydrogen-bond donors (Lipinski definition) is 2. The van der Waals surface area contributed by atoms with Gasteiger partial charge in [-0.1, -0.05) is 18.2 Å². The Kier molecular flexibility index (Phi) is 2.94. The van der Waals surface area contributed by atoms with Crippen LogP contribution in [0, 0.1) is 0 Å². The Morgan fingerprint density at radius 1 is 1.18 bits per heavy atom. The summed E-state index contributed by atoms with van der Waals surface area (Å²) in [5.74, 6) is 0.482. The first-order chi connectivity index (χ1) is 10.7. The van der Waals surface area contributed by atoms with E-state index in [1.807, 2.05) is 30.3 Å². The molecule has 2 saturated heterocycles. The van der Waals surface area contributed by atoms with Crippen LogP contribution in [0.5, 0.6) is 0 Å². The molecule has 0 atom stereocenters. The molecule has 1 spiro atoms. The van der Waals surface area contributed by atoms with E-state index in [2.05, 4.69) is 10.6 Å². The van der Waals surface area contributed by atoms with Crippen LogP contribution < -0.4 is 10.6 Å². The van der Waals surface area contributed by atoms with Crippen LogP contribution in [-0.4, -0.2) is 35.5 Å².